The van der Waals surface area contributed by atoms with E-state index in [9.17, 15) is 9.59 Å². The van der Waals surface area contributed by atoms with Crippen molar-refractivity contribution in [3.05, 3.63) is 18.2 Å². The first-order valence-corrected chi connectivity index (χ1v) is 7.50. The molecule has 1 aliphatic heterocycles. The molecule has 23 heavy (non-hydrogen) atoms. The zero-order valence-electron chi connectivity index (χ0n) is 13.6. The number of amides is 2. The number of ether oxygens (including phenoxy) is 3. The summed E-state index contributed by atoms with van der Waals surface area (Å²) in [5.41, 5.74) is 0.543. The molecule has 0 saturated carbocycles. The average Bonchev–Trinajstić information content (AvgIpc) is 2.56. The number of rotatable bonds is 6. The molecule has 0 unspecified atom stereocenters. The first-order valence-electron chi connectivity index (χ1n) is 7.50. The van der Waals surface area contributed by atoms with Crippen LogP contribution in [-0.2, 0) is 14.3 Å². The van der Waals surface area contributed by atoms with Gasteiger partial charge in [-0.25, -0.2) is 0 Å². The van der Waals surface area contributed by atoms with Gasteiger partial charge in [0.25, 0.3) is 5.91 Å². The predicted octanol–water partition coefficient (Wildman–Crippen LogP) is 1.28. The van der Waals surface area contributed by atoms with Crippen molar-refractivity contribution in [1.82, 2.24) is 4.90 Å². The van der Waals surface area contributed by atoms with Crippen molar-refractivity contribution in [3.8, 4) is 11.5 Å². The van der Waals surface area contributed by atoms with Gasteiger partial charge in [-0.2, -0.15) is 0 Å². The molecule has 1 saturated heterocycles. The van der Waals surface area contributed by atoms with Crippen molar-refractivity contribution in [2.24, 2.45) is 0 Å². The van der Waals surface area contributed by atoms with E-state index in [1.165, 1.54) is 14.2 Å². The Labute approximate surface area is 135 Å². The highest BCUT2D eigenvalue weighted by molar-refractivity contribution is 5.95. The normalized spacial score (nSPS) is 17.8. The molecule has 1 N–H and O–H groups in total. The number of carbonyl (C=O) groups is 2. The number of benzene rings is 1. The summed E-state index contributed by atoms with van der Waals surface area (Å²) < 4.78 is 15.7. The minimum Gasteiger partial charge on any atom is -0.497 e. The van der Waals surface area contributed by atoms with Crippen LogP contribution in [0.25, 0.3) is 0 Å². The van der Waals surface area contributed by atoms with Gasteiger partial charge in [0.1, 0.15) is 17.6 Å². The van der Waals surface area contributed by atoms with Crippen molar-refractivity contribution in [2.75, 3.05) is 39.2 Å². The van der Waals surface area contributed by atoms with E-state index in [4.69, 9.17) is 14.2 Å². The number of nitrogens with one attached hydrogen (secondary N) is 1. The van der Waals surface area contributed by atoms with Crippen molar-refractivity contribution < 1.29 is 23.8 Å². The van der Waals surface area contributed by atoms with Gasteiger partial charge >= 0.3 is 0 Å². The molecule has 0 aromatic heterocycles. The molecule has 7 heteroatoms. The summed E-state index contributed by atoms with van der Waals surface area (Å²) in [6.07, 6.45) is -0.745. The number of hydrogen-bond acceptors (Lipinski definition) is 5. The quantitative estimate of drug-likeness (QED) is 0.854. The molecule has 1 aliphatic rings. The monoisotopic (exact) mass is 322 g/mol. The molecule has 0 radical (unpaired) electrons. The molecule has 7 nitrogen and oxygen atoms in total. The molecule has 1 aromatic carbocycles. The van der Waals surface area contributed by atoms with Crippen LogP contribution >= 0.6 is 0 Å². The van der Waals surface area contributed by atoms with E-state index in [1.807, 2.05) is 6.92 Å². The van der Waals surface area contributed by atoms with Crippen LogP contribution in [0.15, 0.2) is 18.2 Å². The Morgan fingerprint density at radius 3 is 2.52 bits per heavy atom. The lowest BCUT2D eigenvalue weighted by molar-refractivity contribution is -0.154. The van der Waals surface area contributed by atoms with Crippen molar-refractivity contribution in [1.29, 1.82) is 0 Å². The topological polar surface area (TPSA) is 77.1 Å². The molecule has 1 heterocycles. The van der Waals surface area contributed by atoms with E-state index in [0.29, 0.717) is 36.9 Å². The highest BCUT2D eigenvalue weighted by Crippen LogP contribution is 2.26. The smallest absolute Gasteiger partial charge is 0.252 e. The van der Waals surface area contributed by atoms with Gasteiger partial charge in [0.05, 0.1) is 27.2 Å². The Bertz CT molecular complexity index is 553. The minimum absolute atomic E-state index is 0.0190. The molecule has 1 atom stereocenters. The molecule has 2 amide bonds. The number of hydrogen-bond donors (Lipinski definition) is 1. The summed E-state index contributed by atoms with van der Waals surface area (Å²) in [7, 11) is 3.07. The zero-order valence-corrected chi connectivity index (χ0v) is 13.6. The van der Waals surface area contributed by atoms with Crippen molar-refractivity contribution in [2.45, 2.75) is 19.4 Å². The van der Waals surface area contributed by atoms with Gasteiger partial charge in [-0.3, -0.25) is 9.59 Å². The molecule has 0 spiro atoms. The van der Waals surface area contributed by atoms with E-state index in [0.717, 1.165) is 0 Å². The van der Waals surface area contributed by atoms with Crippen LogP contribution < -0.4 is 14.8 Å². The van der Waals surface area contributed by atoms with Crippen LogP contribution in [-0.4, -0.2) is 56.7 Å². The lowest BCUT2D eigenvalue weighted by Gasteiger charge is -2.31. The number of anilines is 1. The summed E-state index contributed by atoms with van der Waals surface area (Å²) >= 11 is 0. The molecule has 0 bridgehead atoms. The van der Waals surface area contributed by atoms with Crippen LogP contribution in [0.1, 0.15) is 13.3 Å². The number of likely N-dealkylation sites (N-methyl/N-ethyl adjacent to an activating group) is 1. The second kappa shape index (κ2) is 7.82. The first-order chi connectivity index (χ1) is 11.1. The first kappa shape index (κ1) is 17.1. The summed E-state index contributed by atoms with van der Waals surface area (Å²) in [5.74, 6) is 0.706. The highest BCUT2D eigenvalue weighted by Gasteiger charge is 2.30. The lowest BCUT2D eigenvalue weighted by atomic mass is 10.1. The Hall–Kier alpha value is -2.28. The highest BCUT2D eigenvalue weighted by atomic mass is 16.5. The Kier molecular flexibility index (Phi) is 5.81. The van der Waals surface area contributed by atoms with Gasteiger partial charge in [-0.1, -0.05) is 0 Å². The van der Waals surface area contributed by atoms with Crippen molar-refractivity contribution >= 4 is 17.5 Å². The van der Waals surface area contributed by atoms with E-state index < -0.39 is 6.10 Å². The van der Waals surface area contributed by atoms with Gasteiger partial charge in [0.15, 0.2) is 0 Å². The third-order valence-corrected chi connectivity index (χ3v) is 3.66. The van der Waals surface area contributed by atoms with Crippen LogP contribution in [0.4, 0.5) is 5.69 Å². The summed E-state index contributed by atoms with van der Waals surface area (Å²) in [6.45, 7) is 3.54. The molecule has 0 aliphatic carbocycles. The molecule has 1 aromatic rings. The summed E-state index contributed by atoms with van der Waals surface area (Å²) in [6, 6.07) is 5.08. The van der Waals surface area contributed by atoms with E-state index in [-0.39, 0.29) is 18.2 Å². The Balaban J connectivity index is 2.00. The molecule has 2 rings (SSSR count). The minimum atomic E-state index is -0.726. The lowest BCUT2D eigenvalue weighted by Crippen LogP contribution is -2.48. The molecule has 126 valence electrons. The Morgan fingerprint density at radius 2 is 1.96 bits per heavy atom. The number of morpholine rings is 1. The second-order valence-corrected chi connectivity index (χ2v) is 5.13. The van der Waals surface area contributed by atoms with E-state index in [1.54, 1.807) is 23.1 Å². The van der Waals surface area contributed by atoms with E-state index in [2.05, 4.69) is 5.32 Å². The fraction of sp³-hybridized carbons (Fsp3) is 0.500. The maximum absolute atomic E-state index is 12.2. The summed E-state index contributed by atoms with van der Waals surface area (Å²) in [4.78, 5) is 26.0. The maximum Gasteiger partial charge on any atom is 0.252 e. The SMILES string of the molecule is CCN1CCO[C@H](CC(=O)Nc2cc(OC)cc(OC)c2)C1=O. The van der Waals surface area contributed by atoms with Crippen molar-refractivity contribution in [3.63, 3.8) is 0 Å². The van der Waals surface area contributed by atoms with Gasteiger partial charge in [0, 0.05) is 37.0 Å². The predicted molar refractivity (Wildman–Crippen MR) is 84.8 cm³/mol. The van der Waals surface area contributed by atoms with Gasteiger partial charge < -0.3 is 24.4 Å². The standard InChI is InChI=1S/C16H22N2O5/c1-4-18-5-6-23-14(16(18)20)10-15(19)17-11-7-12(21-2)9-13(8-11)22-3/h7-9,14H,4-6,10H2,1-3H3,(H,17,19)/t14-/m1/s1. The van der Waals surface area contributed by atoms with Crippen LogP contribution in [0, 0.1) is 0 Å². The van der Waals surface area contributed by atoms with Gasteiger partial charge in [0.2, 0.25) is 5.91 Å². The maximum atomic E-state index is 12.2. The zero-order chi connectivity index (χ0) is 16.8. The average molecular weight is 322 g/mol. The third kappa shape index (κ3) is 4.35. The third-order valence-electron chi connectivity index (χ3n) is 3.66. The van der Waals surface area contributed by atoms with Crippen LogP contribution in [0.5, 0.6) is 11.5 Å². The fourth-order valence-electron chi connectivity index (χ4n) is 2.41. The van der Waals surface area contributed by atoms with Crippen LogP contribution in [0.2, 0.25) is 0 Å². The van der Waals surface area contributed by atoms with Gasteiger partial charge in [-0.15, -0.1) is 0 Å². The molecular formula is C16H22N2O5. The summed E-state index contributed by atoms with van der Waals surface area (Å²) in [5, 5.41) is 2.74. The number of methoxy groups -OCH3 is 2. The van der Waals surface area contributed by atoms with E-state index >= 15 is 0 Å². The largest absolute Gasteiger partial charge is 0.497 e. The Morgan fingerprint density at radius 1 is 1.30 bits per heavy atom. The fourth-order valence-corrected chi connectivity index (χ4v) is 2.41. The second-order valence-electron chi connectivity index (χ2n) is 5.13. The van der Waals surface area contributed by atoms with Crippen LogP contribution in [0.3, 0.4) is 0 Å². The molecular weight excluding hydrogens is 300 g/mol. The molecule has 1 fully saturated rings. The van der Waals surface area contributed by atoms with Gasteiger partial charge in [-0.05, 0) is 6.92 Å². The number of carbonyl (C=O) groups excluding carboxylic acids is 2. The number of nitrogens with zero attached hydrogens (tertiary/aromatic N) is 1.